The maximum atomic E-state index is 12.7. The molecule has 0 saturated carbocycles. The minimum absolute atomic E-state index is 0.108. The van der Waals surface area contributed by atoms with Crippen LogP contribution >= 0.6 is 0 Å². The lowest BCUT2D eigenvalue weighted by molar-refractivity contribution is -0.167. The van der Waals surface area contributed by atoms with Crippen LogP contribution in [0.15, 0.2) is 0 Å². The molecule has 0 aromatic heterocycles. The molecule has 0 unspecified atom stereocenters. The van der Waals surface area contributed by atoms with E-state index in [1.165, 1.54) is 0 Å². The van der Waals surface area contributed by atoms with Crippen molar-refractivity contribution in [2.75, 3.05) is 0 Å². The topological polar surface area (TPSA) is 12.0 Å². The van der Waals surface area contributed by atoms with Crippen molar-refractivity contribution in [3.63, 3.8) is 0 Å². The number of alkyl halides is 3. The van der Waals surface area contributed by atoms with Gasteiger partial charge < -0.3 is 5.32 Å². The molecule has 0 aromatic rings. The first kappa shape index (κ1) is 16.8. The molecule has 17 heavy (non-hydrogen) atoms. The maximum absolute atomic E-state index is 12.7. The summed E-state index contributed by atoms with van der Waals surface area (Å²) in [5, 5.41) is 2.70. The van der Waals surface area contributed by atoms with Crippen molar-refractivity contribution in [3.8, 4) is 0 Å². The summed E-state index contributed by atoms with van der Waals surface area (Å²) in [5.74, 6) is -0.438. The molecule has 0 aliphatic carbocycles. The molecule has 0 spiro atoms. The minimum atomic E-state index is -4.16. The van der Waals surface area contributed by atoms with E-state index in [1.807, 2.05) is 6.92 Å². The van der Waals surface area contributed by atoms with Gasteiger partial charge in [-0.3, -0.25) is 0 Å². The molecule has 1 N–H and O–H groups in total. The molecule has 0 bridgehead atoms. The summed E-state index contributed by atoms with van der Waals surface area (Å²) >= 11 is 0. The van der Waals surface area contributed by atoms with Gasteiger partial charge in [-0.2, -0.15) is 13.2 Å². The Morgan fingerprint density at radius 1 is 1.00 bits per heavy atom. The van der Waals surface area contributed by atoms with Crippen LogP contribution in [0.2, 0.25) is 0 Å². The van der Waals surface area contributed by atoms with E-state index < -0.39 is 18.1 Å². The van der Waals surface area contributed by atoms with Gasteiger partial charge in [0.15, 0.2) is 0 Å². The Hall–Kier alpha value is -0.250. The molecule has 0 fully saturated rings. The van der Waals surface area contributed by atoms with Crippen molar-refractivity contribution in [1.82, 2.24) is 5.32 Å². The summed E-state index contributed by atoms with van der Waals surface area (Å²) in [6.45, 7) is 11.3. The van der Waals surface area contributed by atoms with E-state index in [0.29, 0.717) is 0 Å². The predicted molar refractivity (Wildman–Crippen MR) is 66.0 cm³/mol. The molecule has 0 saturated heterocycles. The van der Waals surface area contributed by atoms with Gasteiger partial charge in [0, 0.05) is 6.04 Å². The lowest BCUT2D eigenvalue weighted by atomic mass is 9.88. The molecular weight excluding hydrogens is 227 g/mol. The summed E-state index contributed by atoms with van der Waals surface area (Å²) in [6, 6.07) is -1.51. The molecule has 0 amide bonds. The first-order chi connectivity index (χ1) is 7.43. The van der Waals surface area contributed by atoms with E-state index in [1.54, 1.807) is 13.8 Å². The molecule has 2 atom stereocenters. The van der Waals surface area contributed by atoms with Crippen LogP contribution in [-0.4, -0.2) is 18.3 Å². The number of hydrogen-bond donors (Lipinski definition) is 1. The molecule has 0 heterocycles. The van der Waals surface area contributed by atoms with Crippen LogP contribution in [0.3, 0.4) is 0 Å². The van der Waals surface area contributed by atoms with Crippen LogP contribution in [0.25, 0.3) is 0 Å². The summed E-state index contributed by atoms with van der Waals surface area (Å²) in [6.07, 6.45) is -2.48. The Balaban J connectivity index is 4.28. The second-order valence-electron chi connectivity index (χ2n) is 6.43. The van der Waals surface area contributed by atoms with Gasteiger partial charge in [-0.1, -0.05) is 34.6 Å². The maximum Gasteiger partial charge on any atom is 0.404 e. The first-order valence-electron chi connectivity index (χ1n) is 6.26. The second-order valence-corrected chi connectivity index (χ2v) is 6.43. The Bertz CT molecular complexity index is 216. The zero-order valence-electron chi connectivity index (χ0n) is 11.8. The largest absolute Gasteiger partial charge is 0.404 e. The number of nitrogens with one attached hydrogen (secondary N) is 1. The van der Waals surface area contributed by atoms with Crippen molar-refractivity contribution in [3.05, 3.63) is 0 Å². The SMILES string of the molecule is CC(C)[C@H](N[C@@H](C)CCC(C)(C)C)C(F)(F)F. The average molecular weight is 253 g/mol. The van der Waals surface area contributed by atoms with Gasteiger partial charge in [-0.15, -0.1) is 0 Å². The Kier molecular flexibility index (Phi) is 5.99. The van der Waals surface area contributed by atoms with Crippen LogP contribution < -0.4 is 5.32 Å². The quantitative estimate of drug-likeness (QED) is 0.766. The Morgan fingerprint density at radius 3 is 1.76 bits per heavy atom. The van der Waals surface area contributed by atoms with E-state index in [2.05, 4.69) is 26.1 Å². The van der Waals surface area contributed by atoms with Gasteiger partial charge in [-0.25, -0.2) is 0 Å². The molecule has 0 aliphatic heterocycles. The summed E-state index contributed by atoms with van der Waals surface area (Å²) < 4.78 is 38.2. The lowest BCUT2D eigenvalue weighted by Gasteiger charge is -2.29. The van der Waals surface area contributed by atoms with Gasteiger partial charge in [0.1, 0.15) is 6.04 Å². The standard InChI is InChI=1S/C13H26F3N/c1-9(2)11(13(14,15)16)17-10(3)7-8-12(4,5)6/h9-11,17H,7-8H2,1-6H3/t10-,11-/m0/s1. The Labute approximate surface area is 103 Å². The molecule has 0 aliphatic rings. The van der Waals surface area contributed by atoms with E-state index in [9.17, 15) is 13.2 Å². The van der Waals surface area contributed by atoms with Gasteiger partial charge in [0.25, 0.3) is 0 Å². The van der Waals surface area contributed by atoms with E-state index >= 15 is 0 Å². The smallest absolute Gasteiger partial charge is 0.303 e. The van der Waals surface area contributed by atoms with Crippen LogP contribution in [0, 0.1) is 11.3 Å². The highest BCUT2D eigenvalue weighted by Crippen LogP contribution is 2.27. The van der Waals surface area contributed by atoms with E-state index in [0.717, 1.165) is 12.8 Å². The molecule has 0 rings (SSSR count). The number of rotatable bonds is 5. The van der Waals surface area contributed by atoms with Gasteiger partial charge >= 0.3 is 6.18 Å². The molecule has 0 radical (unpaired) electrons. The van der Waals surface area contributed by atoms with Gasteiger partial charge in [-0.05, 0) is 31.1 Å². The van der Waals surface area contributed by atoms with Crippen molar-refractivity contribution >= 4 is 0 Å². The zero-order chi connectivity index (χ0) is 13.9. The highest BCUT2D eigenvalue weighted by atomic mass is 19.4. The summed E-state index contributed by atoms with van der Waals surface area (Å²) in [4.78, 5) is 0. The van der Waals surface area contributed by atoms with Crippen molar-refractivity contribution < 1.29 is 13.2 Å². The van der Waals surface area contributed by atoms with Crippen molar-refractivity contribution in [1.29, 1.82) is 0 Å². The Morgan fingerprint density at radius 2 is 1.47 bits per heavy atom. The normalized spacial score (nSPS) is 17.3. The number of halogens is 3. The van der Waals surface area contributed by atoms with E-state index in [4.69, 9.17) is 0 Å². The molecular formula is C13H26F3N. The van der Waals surface area contributed by atoms with Crippen LogP contribution in [0.1, 0.15) is 54.4 Å². The van der Waals surface area contributed by atoms with Crippen molar-refractivity contribution in [2.45, 2.75) is 72.6 Å². The fourth-order valence-corrected chi connectivity index (χ4v) is 1.70. The van der Waals surface area contributed by atoms with E-state index in [-0.39, 0.29) is 11.5 Å². The third-order valence-corrected chi connectivity index (χ3v) is 2.81. The van der Waals surface area contributed by atoms with Crippen LogP contribution in [-0.2, 0) is 0 Å². The van der Waals surface area contributed by atoms with Crippen LogP contribution in [0.4, 0.5) is 13.2 Å². The molecule has 1 nitrogen and oxygen atoms in total. The second kappa shape index (κ2) is 6.07. The first-order valence-corrected chi connectivity index (χ1v) is 6.26. The van der Waals surface area contributed by atoms with Crippen LogP contribution in [0.5, 0.6) is 0 Å². The van der Waals surface area contributed by atoms with Gasteiger partial charge in [0.05, 0.1) is 0 Å². The molecule has 0 aromatic carbocycles. The molecule has 4 heteroatoms. The monoisotopic (exact) mass is 253 g/mol. The highest BCUT2D eigenvalue weighted by molar-refractivity contribution is 4.81. The minimum Gasteiger partial charge on any atom is -0.303 e. The third-order valence-electron chi connectivity index (χ3n) is 2.81. The zero-order valence-corrected chi connectivity index (χ0v) is 11.8. The van der Waals surface area contributed by atoms with Gasteiger partial charge in [0.2, 0.25) is 0 Å². The van der Waals surface area contributed by atoms with Crippen molar-refractivity contribution in [2.24, 2.45) is 11.3 Å². The third kappa shape index (κ3) is 7.63. The predicted octanol–water partition coefficient (Wildman–Crippen LogP) is 4.38. The summed E-state index contributed by atoms with van der Waals surface area (Å²) in [5.41, 5.74) is 0.168. The fraction of sp³-hybridized carbons (Fsp3) is 1.00. The fourth-order valence-electron chi connectivity index (χ4n) is 1.70. The average Bonchev–Trinajstić information content (AvgIpc) is 2.07. The highest BCUT2D eigenvalue weighted by Gasteiger charge is 2.41. The summed E-state index contributed by atoms with van der Waals surface area (Å²) in [7, 11) is 0. The lowest BCUT2D eigenvalue weighted by Crippen LogP contribution is -2.49. The number of hydrogen-bond acceptors (Lipinski definition) is 1. The molecule has 104 valence electrons.